The second-order valence-corrected chi connectivity index (χ2v) is 4.36. The fourth-order valence-corrected chi connectivity index (χ4v) is 1.54. The van der Waals surface area contributed by atoms with E-state index in [4.69, 9.17) is 10.5 Å². The third kappa shape index (κ3) is 4.41. The number of carbonyl (C=O) groups is 1. The number of nitrogens with one attached hydrogen (secondary N) is 1. The lowest BCUT2D eigenvalue weighted by atomic mass is 10.2. The van der Waals surface area contributed by atoms with Crippen LogP contribution in [0, 0.1) is 5.82 Å². The van der Waals surface area contributed by atoms with Gasteiger partial charge in [-0.3, -0.25) is 4.79 Å². The molecule has 0 aliphatic rings. The van der Waals surface area contributed by atoms with Crippen LogP contribution in [0.1, 0.15) is 6.42 Å². The van der Waals surface area contributed by atoms with Crippen molar-refractivity contribution < 1.29 is 13.9 Å². The van der Waals surface area contributed by atoms with E-state index >= 15 is 0 Å². The number of anilines is 1. The van der Waals surface area contributed by atoms with E-state index in [1.165, 1.54) is 25.3 Å². The van der Waals surface area contributed by atoms with Crippen LogP contribution in [0.4, 0.5) is 10.1 Å². The van der Waals surface area contributed by atoms with Gasteiger partial charge in [0.05, 0.1) is 11.7 Å². The second kappa shape index (κ2) is 6.68. The highest BCUT2D eigenvalue weighted by Gasteiger charge is 2.14. The summed E-state index contributed by atoms with van der Waals surface area (Å²) in [7, 11) is 1.54. The molecule has 0 saturated heterocycles. The van der Waals surface area contributed by atoms with Gasteiger partial charge in [0.15, 0.2) is 0 Å². The van der Waals surface area contributed by atoms with Crippen molar-refractivity contribution in [2.24, 2.45) is 5.73 Å². The highest BCUT2D eigenvalue weighted by atomic mass is 79.9. The lowest BCUT2D eigenvalue weighted by Crippen LogP contribution is -2.36. The Labute approximate surface area is 107 Å². The van der Waals surface area contributed by atoms with E-state index in [-0.39, 0.29) is 5.91 Å². The Morgan fingerprint density at radius 3 is 3.00 bits per heavy atom. The number of hydrogen-bond donors (Lipinski definition) is 2. The minimum absolute atomic E-state index is 0.364. The molecule has 0 aromatic heterocycles. The fourth-order valence-electron chi connectivity index (χ4n) is 1.19. The van der Waals surface area contributed by atoms with E-state index in [9.17, 15) is 9.18 Å². The molecule has 94 valence electrons. The van der Waals surface area contributed by atoms with E-state index in [2.05, 4.69) is 21.2 Å². The number of hydrogen-bond acceptors (Lipinski definition) is 3. The van der Waals surface area contributed by atoms with Crippen LogP contribution >= 0.6 is 15.9 Å². The lowest BCUT2D eigenvalue weighted by molar-refractivity contribution is -0.117. The minimum Gasteiger partial charge on any atom is -0.385 e. The molecule has 0 bridgehead atoms. The standard InChI is InChI=1S/C11H14BrFN2O2/c1-17-5-4-9(14)11(16)15-10-6-7(13)2-3-8(10)12/h2-3,6,9H,4-5,14H2,1H3,(H,15,16). The van der Waals surface area contributed by atoms with Gasteiger partial charge in [-0.15, -0.1) is 0 Å². The summed E-state index contributed by atoms with van der Waals surface area (Å²) in [6.45, 7) is 0.402. The third-order valence-electron chi connectivity index (χ3n) is 2.16. The molecule has 1 unspecified atom stereocenters. The molecule has 0 aliphatic heterocycles. The van der Waals surface area contributed by atoms with Gasteiger partial charge in [-0.2, -0.15) is 0 Å². The number of amides is 1. The van der Waals surface area contributed by atoms with E-state index in [1.807, 2.05) is 0 Å². The molecule has 3 N–H and O–H groups in total. The first kappa shape index (κ1) is 14.1. The average molecular weight is 305 g/mol. The number of halogens is 2. The Morgan fingerprint density at radius 1 is 1.65 bits per heavy atom. The molecule has 0 heterocycles. The third-order valence-corrected chi connectivity index (χ3v) is 2.85. The van der Waals surface area contributed by atoms with E-state index < -0.39 is 11.9 Å². The molecule has 0 spiro atoms. The number of ether oxygens (including phenoxy) is 1. The number of carbonyl (C=O) groups excluding carboxylic acids is 1. The molecule has 17 heavy (non-hydrogen) atoms. The van der Waals surface area contributed by atoms with Crippen LogP contribution in [-0.4, -0.2) is 25.7 Å². The first-order valence-corrected chi connectivity index (χ1v) is 5.84. The number of rotatable bonds is 5. The van der Waals surface area contributed by atoms with Gasteiger partial charge in [0.2, 0.25) is 5.91 Å². The van der Waals surface area contributed by atoms with Crippen molar-refractivity contribution in [1.82, 2.24) is 0 Å². The van der Waals surface area contributed by atoms with Gasteiger partial charge in [0.25, 0.3) is 0 Å². The maximum absolute atomic E-state index is 13.0. The molecule has 4 nitrogen and oxygen atoms in total. The molecular weight excluding hydrogens is 291 g/mol. The van der Waals surface area contributed by atoms with E-state index in [0.29, 0.717) is 23.2 Å². The maximum atomic E-state index is 13.0. The normalized spacial score (nSPS) is 12.2. The van der Waals surface area contributed by atoms with Crippen molar-refractivity contribution in [3.63, 3.8) is 0 Å². The highest BCUT2D eigenvalue weighted by Crippen LogP contribution is 2.23. The Kier molecular flexibility index (Phi) is 5.54. The van der Waals surface area contributed by atoms with Crippen LogP contribution in [0.3, 0.4) is 0 Å². The van der Waals surface area contributed by atoms with Crippen LogP contribution < -0.4 is 11.1 Å². The summed E-state index contributed by atoms with van der Waals surface area (Å²) in [6, 6.07) is 3.37. The van der Waals surface area contributed by atoms with Gasteiger partial charge < -0.3 is 15.8 Å². The van der Waals surface area contributed by atoms with Gasteiger partial charge >= 0.3 is 0 Å². The summed E-state index contributed by atoms with van der Waals surface area (Å²) in [5.74, 6) is -0.790. The molecule has 1 rings (SSSR count). The van der Waals surface area contributed by atoms with Crippen molar-refractivity contribution in [1.29, 1.82) is 0 Å². The van der Waals surface area contributed by atoms with Gasteiger partial charge in [0.1, 0.15) is 5.82 Å². The molecule has 0 saturated carbocycles. The maximum Gasteiger partial charge on any atom is 0.241 e. The van der Waals surface area contributed by atoms with Crippen LogP contribution in [0.25, 0.3) is 0 Å². The van der Waals surface area contributed by atoms with Crippen molar-refractivity contribution in [2.75, 3.05) is 19.0 Å². The molecule has 0 radical (unpaired) electrons. The summed E-state index contributed by atoms with van der Waals surface area (Å²) in [5, 5.41) is 2.55. The van der Waals surface area contributed by atoms with Crippen LogP contribution in [0.15, 0.2) is 22.7 Å². The van der Waals surface area contributed by atoms with Crippen molar-refractivity contribution in [3.8, 4) is 0 Å². The molecule has 0 fully saturated rings. The quantitative estimate of drug-likeness (QED) is 0.873. The van der Waals surface area contributed by atoms with E-state index in [0.717, 1.165) is 0 Å². The van der Waals surface area contributed by atoms with E-state index in [1.54, 1.807) is 0 Å². The zero-order chi connectivity index (χ0) is 12.8. The zero-order valence-electron chi connectivity index (χ0n) is 9.37. The molecule has 6 heteroatoms. The van der Waals surface area contributed by atoms with Crippen LogP contribution in [-0.2, 0) is 9.53 Å². The predicted octanol–water partition coefficient (Wildman–Crippen LogP) is 1.89. The summed E-state index contributed by atoms with van der Waals surface area (Å²) in [5.41, 5.74) is 6.00. The average Bonchev–Trinajstić information content (AvgIpc) is 2.30. The monoisotopic (exact) mass is 304 g/mol. The van der Waals surface area contributed by atoms with Crippen molar-refractivity contribution >= 4 is 27.5 Å². The molecule has 1 atom stereocenters. The molecule has 1 aromatic carbocycles. The Morgan fingerprint density at radius 2 is 2.35 bits per heavy atom. The van der Waals surface area contributed by atoms with Crippen LogP contribution in [0.5, 0.6) is 0 Å². The first-order valence-electron chi connectivity index (χ1n) is 5.05. The predicted molar refractivity (Wildman–Crippen MR) is 67.2 cm³/mol. The van der Waals surface area contributed by atoms with Gasteiger partial charge in [0, 0.05) is 18.2 Å². The Bertz CT molecular complexity index is 401. The van der Waals surface area contributed by atoms with Crippen molar-refractivity contribution in [2.45, 2.75) is 12.5 Å². The largest absolute Gasteiger partial charge is 0.385 e. The number of benzene rings is 1. The smallest absolute Gasteiger partial charge is 0.241 e. The van der Waals surface area contributed by atoms with Gasteiger partial charge in [-0.05, 0) is 40.5 Å². The second-order valence-electron chi connectivity index (χ2n) is 3.50. The zero-order valence-corrected chi connectivity index (χ0v) is 11.0. The van der Waals surface area contributed by atoms with Crippen LogP contribution in [0.2, 0.25) is 0 Å². The number of methoxy groups -OCH3 is 1. The minimum atomic E-state index is -0.676. The summed E-state index contributed by atoms with van der Waals surface area (Å²) in [6.07, 6.45) is 0.412. The summed E-state index contributed by atoms with van der Waals surface area (Å²) in [4.78, 5) is 11.6. The Balaban J connectivity index is 2.64. The van der Waals surface area contributed by atoms with Gasteiger partial charge in [-0.25, -0.2) is 4.39 Å². The molecule has 1 aromatic rings. The van der Waals surface area contributed by atoms with Crippen molar-refractivity contribution in [3.05, 3.63) is 28.5 Å². The molecule has 0 aliphatic carbocycles. The summed E-state index contributed by atoms with van der Waals surface area (Å²) >= 11 is 3.21. The highest BCUT2D eigenvalue weighted by molar-refractivity contribution is 9.10. The fraction of sp³-hybridized carbons (Fsp3) is 0.364. The SMILES string of the molecule is COCCC(N)C(=O)Nc1cc(F)ccc1Br. The Hall–Kier alpha value is -0.980. The topological polar surface area (TPSA) is 64.3 Å². The first-order chi connectivity index (χ1) is 8.04. The number of nitrogens with two attached hydrogens (primary N) is 1. The van der Waals surface area contributed by atoms with Gasteiger partial charge in [-0.1, -0.05) is 0 Å². The molecule has 1 amide bonds. The summed E-state index contributed by atoms with van der Waals surface area (Å²) < 4.78 is 18.4. The lowest BCUT2D eigenvalue weighted by Gasteiger charge is -2.12. The molecular formula is C11H14BrFN2O2.